The summed E-state index contributed by atoms with van der Waals surface area (Å²) in [6.45, 7) is 6.82. The van der Waals surface area contributed by atoms with Crippen LogP contribution in [-0.4, -0.2) is 61.9 Å². The van der Waals surface area contributed by atoms with Crippen LogP contribution < -0.4 is 15.8 Å². The van der Waals surface area contributed by atoms with Gasteiger partial charge in [-0.3, -0.25) is 14.6 Å². The molecule has 1 aromatic heterocycles. The zero-order chi connectivity index (χ0) is 17.5. The van der Waals surface area contributed by atoms with E-state index in [4.69, 9.17) is 9.47 Å². The number of carbonyl (C=O) groups excluding carboxylic acids is 1. The van der Waals surface area contributed by atoms with Gasteiger partial charge in [0, 0.05) is 43.9 Å². The summed E-state index contributed by atoms with van der Waals surface area (Å²) in [6.07, 6.45) is 0.611. The largest absolute Gasteiger partial charge is 0.383 e. The van der Waals surface area contributed by atoms with Crippen molar-refractivity contribution < 1.29 is 14.3 Å². The number of H-pyrrole nitrogens is 1. The van der Waals surface area contributed by atoms with Crippen LogP contribution >= 0.6 is 0 Å². The van der Waals surface area contributed by atoms with Gasteiger partial charge in [-0.05, 0) is 20.3 Å². The fourth-order valence-electron chi connectivity index (χ4n) is 2.69. The molecule has 0 aliphatic carbocycles. The van der Waals surface area contributed by atoms with Gasteiger partial charge in [0.05, 0.1) is 19.8 Å². The Morgan fingerprint density at radius 3 is 2.79 bits per heavy atom. The number of anilines is 1. The summed E-state index contributed by atoms with van der Waals surface area (Å²) in [5.74, 6) is 0.471. The van der Waals surface area contributed by atoms with Crippen LogP contribution in [0.15, 0.2) is 4.79 Å². The highest BCUT2D eigenvalue weighted by molar-refractivity contribution is 5.76. The van der Waals surface area contributed by atoms with Crippen LogP contribution in [0.1, 0.15) is 24.6 Å². The SMILES string of the molecule is COCC(C)NC(=O)CCc1c(C)nc(N2CCOCC2)[nH]c1=O. The monoisotopic (exact) mass is 338 g/mol. The number of morpholine rings is 1. The van der Waals surface area contributed by atoms with Crippen molar-refractivity contribution in [3.63, 3.8) is 0 Å². The second-order valence-electron chi connectivity index (χ2n) is 5.98. The molecule has 8 nitrogen and oxygen atoms in total. The molecule has 0 saturated carbocycles. The molecule has 8 heteroatoms. The number of aromatic amines is 1. The summed E-state index contributed by atoms with van der Waals surface area (Å²) in [6, 6.07) is -0.0521. The number of aromatic nitrogens is 2. The number of rotatable bonds is 7. The predicted octanol–water partition coefficient (Wildman–Crippen LogP) is -0.00138. The lowest BCUT2D eigenvalue weighted by atomic mass is 10.1. The van der Waals surface area contributed by atoms with E-state index in [1.165, 1.54) is 0 Å². The van der Waals surface area contributed by atoms with Crippen molar-refractivity contribution >= 4 is 11.9 Å². The average molecular weight is 338 g/mol. The van der Waals surface area contributed by atoms with E-state index in [0.29, 0.717) is 56.5 Å². The van der Waals surface area contributed by atoms with E-state index in [-0.39, 0.29) is 23.9 Å². The standard InChI is InChI=1S/C16H26N4O4/c1-11(10-23-3)17-14(21)5-4-13-12(2)18-16(19-15(13)22)20-6-8-24-9-7-20/h11H,4-10H2,1-3H3,(H,17,21)(H,18,19,22). The molecule has 1 atom stereocenters. The minimum Gasteiger partial charge on any atom is -0.383 e. The van der Waals surface area contributed by atoms with E-state index in [9.17, 15) is 9.59 Å². The minimum atomic E-state index is -0.179. The molecular weight excluding hydrogens is 312 g/mol. The van der Waals surface area contributed by atoms with Gasteiger partial charge in [-0.15, -0.1) is 0 Å². The fraction of sp³-hybridized carbons (Fsp3) is 0.688. The Morgan fingerprint density at radius 2 is 2.17 bits per heavy atom. The molecule has 1 saturated heterocycles. The first-order valence-corrected chi connectivity index (χ1v) is 8.22. The van der Waals surface area contributed by atoms with Crippen LogP contribution in [0.2, 0.25) is 0 Å². The van der Waals surface area contributed by atoms with Gasteiger partial charge < -0.3 is 19.7 Å². The molecule has 1 amide bonds. The van der Waals surface area contributed by atoms with Crippen LogP contribution in [0.25, 0.3) is 0 Å². The van der Waals surface area contributed by atoms with Gasteiger partial charge in [0.1, 0.15) is 0 Å². The quantitative estimate of drug-likeness (QED) is 0.726. The van der Waals surface area contributed by atoms with E-state index >= 15 is 0 Å². The number of ether oxygens (including phenoxy) is 2. The smallest absolute Gasteiger partial charge is 0.255 e. The summed E-state index contributed by atoms with van der Waals surface area (Å²) >= 11 is 0. The number of nitrogens with zero attached hydrogens (tertiary/aromatic N) is 2. The van der Waals surface area contributed by atoms with Crippen molar-refractivity contribution in [1.82, 2.24) is 15.3 Å². The molecule has 2 rings (SSSR count). The zero-order valence-electron chi connectivity index (χ0n) is 14.6. The zero-order valence-corrected chi connectivity index (χ0v) is 14.6. The first kappa shape index (κ1) is 18.4. The molecule has 2 heterocycles. The Bertz CT molecular complexity index is 611. The fourth-order valence-corrected chi connectivity index (χ4v) is 2.69. The number of hydrogen-bond acceptors (Lipinski definition) is 6. The Labute approximate surface area is 141 Å². The van der Waals surface area contributed by atoms with E-state index in [1.54, 1.807) is 14.0 Å². The molecule has 134 valence electrons. The Kier molecular flexibility index (Phi) is 6.74. The highest BCUT2D eigenvalue weighted by atomic mass is 16.5. The molecule has 1 unspecified atom stereocenters. The molecule has 24 heavy (non-hydrogen) atoms. The van der Waals surface area contributed by atoms with Crippen molar-refractivity contribution in [2.24, 2.45) is 0 Å². The molecule has 1 fully saturated rings. The Hall–Kier alpha value is -1.93. The lowest BCUT2D eigenvalue weighted by molar-refractivity contribution is -0.122. The molecule has 1 aromatic rings. The topological polar surface area (TPSA) is 96.5 Å². The summed E-state index contributed by atoms with van der Waals surface area (Å²) < 4.78 is 10.3. The van der Waals surface area contributed by atoms with Gasteiger partial charge in [0.15, 0.2) is 0 Å². The maximum absolute atomic E-state index is 12.3. The lowest BCUT2D eigenvalue weighted by Gasteiger charge is -2.27. The second-order valence-corrected chi connectivity index (χ2v) is 5.98. The highest BCUT2D eigenvalue weighted by Gasteiger charge is 2.17. The van der Waals surface area contributed by atoms with Gasteiger partial charge in [-0.2, -0.15) is 0 Å². The number of methoxy groups -OCH3 is 1. The number of carbonyl (C=O) groups is 1. The highest BCUT2D eigenvalue weighted by Crippen LogP contribution is 2.11. The molecule has 0 radical (unpaired) electrons. The Balaban J connectivity index is 1.98. The first-order valence-electron chi connectivity index (χ1n) is 8.22. The van der Waals surface area contributed by atoms with Gasteiger partial charge in [0.25, 0.3) is 5.56 Å². The Morgan fingerprint density at radius 1 is 1.46 bits per heavy atom. The minimum absolute atomic E-state index is 0.0521. The summed E-state index contributed by atoms with van der Waals surface area (Å²) in [5, 5.41) is 2.83. The number of amides is 1. The van der Waals surface area contributed by atoms with Crippen molar-refractivity contribution in [3.05, 3.63) is 21.6 Å². The van der Waals surface area contributed by atoms with E-state index in [1.807, 2.05) is 11.8 Å². The predicted molar refractivity (Wildman–Crippen MR) is 90.4 cm³/mol. The van der Waals surface area contributed by atoms with Crippen molar-refractivity contribution in [2.45, 2.75) is 32.7 Å². The molecular formula is C16H26N4O4. The van der Waals surface area contributed by atoms with Crippen LogP contribution in [0.4, 0.5) is 5.95 Å². The first-order chi connectivity index (χ1) is 11.5. The van der Waals surface area contributed by atoms with Crippen LogP contribution in [0.5, 0.6) is 0 Å². The average Bonchev–Trinajstić information content (AvgIpc) is 2.55. The molecule has 0 aromatic carbocycles. The van der Waals surface area contributed by atoms with Crippen LogP contribution in [0, 0.1) is 6.92 Å². The van der Waals surface area contributed by atoms with Crippen molar-refractivity contribution in [1.29, 1.82) is 0 Å². The number of nitrogens with one attached hydrogen (secondary N) is 2. The van der Waals surface area contributed by atoms with Crippen LogP contribution in [-0.2, 0) is 20.7 Å². The van der Waals surface area contributed by atoms with E-state index < -0.39 is 0 Å². The van der Waals surface area contributed by atoms with E-state index in [0.717, 1.165) is 0 Å². The van der Waals surface area contributed by atoms with Gasteiger partial charge >= 0.3 is 0 Å². The maximum atomic E-state index is 12.3. The third-order valence-corrected chi connectivity index (χ3v) is 3.95. The number of hydrogen-bond donors (Lipinski definition) is 2. The molecule has 0 spiro atoms. The normalized spacial score (nSPS) is 16.0. The maximum Gasteiger partial charge on any atom is 0.255 e. The van der Waals surface area contributed by atoms with E-state index in [2.05, 4.69) is 15.3 Å². The van der Waals surface area contributed by atoms with Gasteiger partial charge in [-0.1, -0.05) is 0 Å². The van der Waals surface area contributed by atoms with Crippen LogP contribution in [0.3, 0.4) is 0 Å². The van der Waals surface area contributed by atoms with Crippen molar-refractivity contribution in [3.8, 4) is 0 Å². The molecule has 0 bridgehead atoms. The summed E-state index contributed by atoms with van der Waals surface area (Å²) in [5.41, 5.74) is 1.04. The summed E-state index contributed by atoms with van der Waals surface area (Å²) in [4.78, 5) is 33.6. The number of aryl methyl sites for hydroxylation is 1. The third-order valence-electron chi connectivity index (χ3n) is 3.95. The summed E-state index contributed by atoms with van der Waals surface area (Å²) in [7, 11) is 1.59. The molecule has 1 aliphatic rings. The second kappa shape index (κ2) is 8.79. The lowest BCUT2D eigenvalue weighted by Crippen LogP contribution is -2.39. The van der Waals surface area contributed by atoms with Gasteiger partial charge in [-0.25, -0.2) is 4.98 Å². The van der Waals surface area contributed by atoms with Gasteiger partial charge in [0.2, 0.25) is 11.9 Å². The molecule has 2 N–H and O–H groups in total. The third kappa shape index (κ3) is 5.04. The molecule has 1 aliphatic heterocycles. The van der Waals surface area contributed by atoms with Crippen molar-refractivity contribution in [2.75, 3.05) is 44.9 Å².